The van der Waals surface area contributed by atoms with E-state index in [0.717, 1.165) is 11.1 Å². The zero-order chi connectivity index (χ0) is 28.1. The van der Waals surface area contributed by atoms with Gasteiger partial charge in [-0.25, -0.2) is 19.0 Å². The number of amides is 2. The predicted octanol–water partition coefficient (Wildman–Crippen LogP) is 3.29. The predicted molar refractivity (Wildman–Crippen MR) is 143 cm³/mol. The maximum absolute atomic E-state index is 13.8. The lowest BCUT2D eigenvalue weighted by Crippen LogP contribution is -2.62. The first kappa shape index (κ1) is 26.2. The summed E-state index contributed by atoms with van der Waals surface area (Å²) in [6.45, 7) is 10.7. The van der Waals surface area contributed by atoms with Crippen LogP contribution in [0.15, 0.2) is 53.6 Å². The Morgan fingerprint density at radius 1 is 1.05 bits per heavy atom. The van der Waals surface area contributed by atoms with E-state index in [1.807, 2.05) is 19.9 Å². The molecule has 0 radical (unpaired) electrons. The summed E-state index contributed by atoms with van der Waals surface area (Å²) in [6, 6.07) is 9.43. The number of fused-ring (bicyclic) bond motifs is 1. The summed E-state index contributed by atoms with van der Waals surface area (Å²) in [4.78, 5) is 46.8. The van der Waals surface area contributed by atoms with Crippen molar-refractivity contribution in [2.75, 3.05) is 19.6 Å². The zero-order valence-electron chi connectivity index (χ0n) is 22.5. The lowest BCUT2D eigenvalue weighted by Gasteiger charge is -2.46. The van der Waals surface area contributed by atoms with E-state index in [2.05, 4.69) is 36.1 Å². The molecule has 0 spiro atoms. The van der Waals surface area contributed by atoms with Crippen LogP contribution in [-0.2, 0) is 5.41 Å². The molecule has 4 aromatic rings. The fourth-order valence-electron chi connectivity index (χ4n) is 4.92. The van der Waals surface area contributed by atoms with Crippen molar-refractivity contribution in [2.24, 2.45) is 0 Å². The Morgan fingerprint density at radius 3 is 2.41 bits per heavy atom. The number of aromatic nitrogens is 5. The molecule has 10 nitrogen and oxygen atoms in total. The summed E-state index contributed by atoms with van der Waals surface area (Å²) in [5.41, 5.74) is 1.53. The van der Waals surface area contributed by atoms with Crippen LogP contribution in [0.2, 0.25) is 0 Å². The number of imidazole rings is 1. The number of rotatable bonds is 3. The number of nitrogens with zero attached hydrogens (tertiary/aromatic N) is 6. The van der Waals surface area contributed by atoms with Gasteiger partial charge in [0.15, 0.2) is 5.65 Å². The highest BCUT2D eigenvalue weighted by Crippen LogP contribution is 2.31. The third-order valence-corrected chi connectivity index (χ3v) is 6.98. The van der Waals surface area contributed by atoms with Crippen LogP contribution in [0, 0.1) is 5.82 Å². The van der Waals surface area contributed by atoms with Crippen molar-refractivity contribution in [1.82, 2.24) is 34.6 Å². The highest BCUT2D eigenvalue weighted by atomic mass is 19.1. The number of carbonyl (C=O) groups excluding carboxylic acids is 2. The molecule has 0 saturated carbocycles. The van der Waals surface area contributed by atoms with Gasteiger partial charge in [0, 0.05) is 37.0 Å². The molecule has 3 aromatic heterocycles. The minimum absolute atomic E-state index is 0.0127. The molecule has 202 valence electrons. The summed E-state index contributed by atoms with van der Waals surface area (Å²) in [5.74, 6) is -1.01. The normalized spacial score (nSPS) is 15.5. The number of H-pyrrole nitrogens is 1. The molecule has 0 unspecified atom stereocenters. The van der Waals surface area contributed by atoms with Crippen molar-refractivity contribution in [1.29, 1.82) is 0 Å². The van der Waals surface area contributed by atoms with Gasteiger partial charge in [-0.05, 0) is 55.7 Å². The quantitative estimate of drug-likeness (QED) is 0.434. The lowest BCUT2D eigenvalue weighted by molar-refractivity contribution is 0.0164. The number of carbonyl (C=O) groups is 2. The van der Waals surface area contributed by atoms with Gasteiger partial charge in [-0.3, -0.25) is 14.4 Å². The summed E-state index contributed by atoms with van der Waals surface area (Å²) in [7, 11) is 0. The largest absolute Gasteiger partial charge is 0.334 e. The molecular formula is C28H30FN7O3. The second-order valence-electron chi connectivity index (χ2n) is 11.4. The van der Waals surface area contributed by atoms with Gasteiger partial charge in [-0.2, -0.15) is 10.2 Å². The van der Waals surface area contributed by atoms with Crippen LogP contribution in [0.4, 0.5) is 4.39 Å². The Bertz CT molecular complexity index is 1630. The van der Waals surface area contributed by atoms with Crippen LogP contribution in [-0.4, -0.2) is 71.6 Å². The van der Waals surface area contributed by atoms with Gasteiger partial charge >= 0.3 is 0 Å². The second kappa shape index (κ2) is 9.40. The summed E-state index contributed by atoms with van der Waals surface area (Å²) in [6.07, 6.45) is 2.98. The highest BCUT2D eigenvalue weighted by Gasteiger charge is 2.40. The first-order chi connectivity index (χ1) is 18.3. The Kier molecular flexibility index (Phi) is 6.32. The van der Waals surface area contributed by atoms with Gasteiger partial charge in [0.1, 0.15) is 17.1 Å². The van der Waals surface area contributed by atoms with E-state index in [1.165, 1.54) is 24.4 Å². The number of piperazine rings is 1. The molecule has 39 heavy (non-hydrogen) atoms. The molecule has 1 saturated heterocycles. The van der Waals surface area contributed by atoms with Gasteiger partial charge in [-0.15, -0.1) is 0 Å². The molecule has 0 aliphatic carbocycles. The molecule has 0 atom stereocenters. The zero-order valence-corrected chi connectivity index (χ0v) is 22.5. The van der Waals surface area contributed by atoms with Crippen molar-refractivity contribution < 1.29 is 14.0 Å². The molecule has 1 fully saturated rings. The number of hydrogen-bond donors (Lipinski definition) is 1. The van der Waals surface area contributed by atoms with Gasteiger partial charge < -0.3 is 9.80 Å². The van der Waals surface area contributed by atoms with Gasteiger partial charge in [-0.1, -0.05) is 20.8 Å². The van der Waals surface area contributed by atoms with E-state index in [9.17, 15) is 18.8 Å². The lowest BCUT2D eigenvalue weighted by atomic mass is 9.87. The number of aromatic amines is 1. The fraction of sp³-hybridized carbons (Fsp3) is 0.357. The average molecular weight is 532 g/mol. The van der Waals surface area contributed by atoms with Crippen LogP contribution in [0.3, 0.4) is 0 Å². The molecule has 5 rings (SSSR count). The van der Waals surface area contributed by atoms with Crippen LogP contribution >= 0.6 is 0 Å². The maximum atomic E-state index is 13.8. The third kappa shape index (κ3) is 4.91. The number of benzene rings is 1. The first-order valence-electron chi connectivity index (χ1n) is 12.7. The Labute approximate surface area is 224 Å². The topological polar surface area (TPSA) is 117 Å². The Balaban J connectivity index is 1.46. The SMILES string of the molecule is CC(C)(C)c1cc(-c2ccc(F)cc2)nn2cc(C(=O)N3CCN(C(=O)c4ccn[nH]c4=O)CC3(C)C)nc12. The molecule has 4 heterocycles. The van der Waals surface area contributed by atoms with E-state index in [4.69, 9.17) is 4.98 Å². The number of nitrogens with one attached hydrogen (secondary N) is 1. The monoisotopic (exact) mass is 531 g/mol. The Morgan fingerprint density at radius 2 is 1.77 bits per heavy atom. The molecular weight excluding hydrogens is 501 g/mol. The van der Waals surface area contributed by atoms with Crippen molar-refractivity contribution in [3.63, 3.8) is 0 Å². The number of hydrogen-bond acceptors (Lipinski definition) is 6. The molecule has 11 heteroatoms. The maximum Gasteiger partial charge on any atom is 0.277 e. The van der Waals surface area contributed by atoms with E-state index < -0.39 is 17.0 Å². The standard InChI is InChI=1S/C28H30FN7O3/c1-27(2,3)20-14-21(17-6-8-18(29)9-7-17)33-36-15-22(31-23(20)36)26(39)35-13-12-34(16-28(35,4)5)25(38)19-10-11-30-32-24(19)37/h6-11,14-15H,12-13,16H2,1-5H3,(H,32,37). The van der Waals surface area contributed by atoms with Crippen molar-refractivity contribution >= 4 is 17.5 Å². The molecule has 1 aliphatic heterocycles. The fourth-order valence-corrected chi connectivity index (χ4v) is 4.92. The van der Waals surface area contributed by atoms with E-state index in [0.29, 0.717) is 11.3 Å². The van der Waals surface area contributed by atoms with E-state index in [1.54, 1.807) is 32.6 Å². The molecule has 0 bridgehead atoms. The molecule has 1 aromatic carbocycles. The van der Waals surface area contributed by atoms with Crippen molar-refractivity contribution in [2.45, 2.75) is 45.6 Å². The Hall–Kier alpha value is -4.41. The van der Waals surface area contributed by atoms with Crippen molar-refractivity contribution in [3.05, 3.63) is 81.8 Å². The van der Waals surface area contributed by atoms with E-state index in [-0.39, 0.29) is 48.0 Å². The minimum Gasteiger partial charge on any atom is -0.334 e. The number of halogens is 1. The molecule has 2 amide bonds. The summed E-state index contributed by atoms with van der Waals surface area (Å²) < 4.78 is 15.1. The second-order valence-corrected chi connectivity index (χ2v) is 11.4. The van der Waals surface area contributed by atoms with Crippen LogP contribution in [0.25, 0.3) is 16.9 Å². The minimum atomic E-state index is -0.722. The van der Waals surface area contributed by atoms with Crippen molar-refractivity contribution in [3.8, 4) is 11.3 Å². The summed E-state index contributed by atoms with van der Waals surface area (Å²) in [5, 5.41) is 10.6. The first-order valence-corrected chi connectivity index (χ1v) is 12.7. The average Bonchev–Trinajstić information content (AvgIpc) is 3.31. The van der Waals surface area contributed by atoms with Gasteiger partial charge in [0.05, 0.1) is 17.4 Å². The molecule has 1 N–H and O–H groups in total. The van der Waals surface area contributed by atoms with E-state index >= 15 is 0 Å². The molecule has 1 aliphatic rings. The van der Waals surface area contributed by atoms with Crippen LogP contribution in [0.5, 0.6) is 0 Å². The smallest absolute Gasteiger partial charge is 0.277 e. The third-order valence-electron chi connectivity index (χ3n) is 6.98. The van der Waals surface area contributed by atoms with Crippen LogP contribution < -0.4 is 5.56 Å². The van der Waals surface area contributed by atoms with Gasteiger partial charge in [0.25, 0.3) is 17.4 Å². The van der Waals surface area contributed by atoms with Crippen LogP contribution in [0.1, 0.15) is 61.0 Å². The highest BCUT2D eigenvalue weighted by molar-refractivity contribution is 5.95. The van der Waals surface area contributed by atoms with Gasteiger partial charge in [0.2, 0.25) is 0 Å². The summed E-state index contributed by atoms with van der Waals surface area (Å²) >= 11 is 0.